The molecule has 0 N–H and O–H groups in total. The molecule has 1 aliphatic carbocycles. The lowest BCUT2D eigenvalue weighted by Gasteiger charge is -2.23. The Morgan fingerprint density at radius 1 is 1.24 bits per heavy atom. The Labute approximate surface area is 173 Å². The zero-order valence-electron chi connectivity index (χ0n) is 16.6. The van der Waals surface area contributed by atoms with E-state index in [2.05, 4.69) is 6.58 Å². The molecule has 0 bridgehead atoms. The Morgan fingerprint density at radius 2 is 1.79 bits per heavy atom. The number of hydrogen-bond donors (Lipinski definition) is 0. The number of nitrogens with zero attached hydrogens (tertiary/aromatic N) is 2. The van der Waals surface area contributed by atoms with Crippen LogP contribution in [0.25, 0.3) is 0 Å². The predicted molar refractivity (Wildman–Crippen MR) is 108 cm³/mol. The number of allylic oxidation sites excluding steroid dienone is 1. The van der Waals surface area contributed by atoms with Crippen LogP contribution in [0.5, 0.6) is 5.75 Å². The highest BCUT2D eigenvalue weighted by Crippen LogP contribution is 2.44. The molecule has 6 nitrogen and oxygen atoms in total. The molecule has 3 rings (SSSR count). The van der Waals surface area contributed by atoms with Crippen molar-refractivity contribution in [2.24, 2.45) is 0 Å². The number of ether oxygens (including phenoxy) is 1. The van der Waals surface area contributed by atoms with E-state index in [1.807, 2.05) is 0 Å². The van der Waals surface area contributed by atoms with Gasteiger partial charge in [-0.2, -0.15) is 0 Å². The molecule has 2 aliphatic rings. The smallest absolute Gasteiger partial charge is 0.408 e. The minimum absolute atomic E-state index is 0.0740. The maximum Gasteiger partial charge on any atom is 0.414 e. The molecule has 0 saturated carbocycles. The van der Waals surface area contributed by atoms with Gasteiger partial charge in [0, 0.05) is 30.8 Å². The van der Waals surface area contributed by atoms with Gasteiger partial charge in [0.2, 0.25) is 0 Å². The first-order valence-corrected chi connectivity index (χ1v) is 9.66. The molecule has 1 aliphatic heterocycles. The fourth-order valence-electron chi connectivity index (χ4n) is 3.58. The summed E-state index contributed by atoms with van der Waals surface area (Å²) in [6, 6.07) is 0.953. The van der Waals surface area contributed by atoms with E-state index < -0.39 is 23.7 Å². The van der Waals surface area contributed by atoms with Crippen molar-refractivity contribution in [1.29, 1.82) is 0 Å². The molecule has 3 amide bonds. The van der Waals surface area contributed by atoms with Gasteiger partial charge >= 0.3 is 6.09 Å². The lowest BCUT2D eigenvalue weighted by Crippen LogP contribution is -2.34. The number of carbonyl (C=O) groups is 3. The lowest BCUT2D eigenvalue weighted by molar-refractivity contribution is -0.120. The van der Waals surface area contributed by atoms with Gasteiger partial charge in [0.05, 0.1) is 10.7 Å². The molecule has 29 heavy (non-hydrogen) atoms. The average Bonchev–Trinajstić information content (AvgIpc) is 2.89. The van der Waals surface area contributed by atoms with E-state index in [9.17, 15) is 14.4 Å². The van der Waals surface area contributed by atoms with E-state index in [0.29, 0.717) is 29.6 Å². The summed E-state index contributed by atoms with van der Waals surface area (Å²) < 4.78 is 20.5. The quantitative estimate of drug-likeness (QED) is 0.534. The van der Waals surface area contributed by atoms with Crippen molar-refractivity contribution in [2.75, 3.05) is 19.0 Å². The molecule has 0 spiro atoms. The van der Waals surface area contributed by atoms with Gasteiger partial charge in [-0.1, -0.05) is 23.8 Å². The van der Waals surface area contributed by atoms with E-state index >= 15 is 4.39 Å². The van der Waals surface area contributed by atoms with Gasteiger partial charge in [-0.3, -0.25) is 9.59 Å². The monoisotopic (exact) mass is 420 g/mol. The van der Waals surface area contributed by atoms with Gasteiger partial charge < -0.3 is 9.64 Å². The first kappa shape index (κ1) is 21.0. The maximum absolute atomic E-state index is 15.1. The van der Waals surface area contributed by atoms with E-state index in [1.54, 1.807) is 6.92 Å². The van der Waals surface area contributed by atoms with Crippen molar-refractivity contribution in [1.82, 2.24) is 4.90 Å². The summed E-state index contributed by atoms with van der Waals surface area (Å²) in [5.74, 6) is -1.98. The topological polar surface area (TPSA) is 66.9 Å². The van der Waals surface area contributed by atoms with Crippen molar-refractivity contribution in [3.63, 3.8) is 0 Å². The van der Waals surface area contributed by atoms with Crippen molar-refractivity contribution in [3.05, 3.63) is 45.8 Å². The summed E-state index contributed by atoms with van der Waals surface area (Å²) in [7, 11) is 2.98. The Bertz CT molecular complexity index is 940. The molecule has 154 valence electrons. The number of imide groups is 1. The standard InChI is InChI=1S/C21H22ClFN2O4/c1-11(2)9-14-17(16(23)10-15(22)18(14)29-21(28)24(3)4)25-19(26)12-7-5-6-8-13(12)20(25)27/h10H,1,5-9H2,2-4H3. The molecule has 0 aromatic heterocycles. The summed E-state index contributed by atoms with van der Waals surface area (Å²) in [6.45, 7) is 5.53. The van der Waals surface area contributed by atoms with Crippen LogP contribution in [0.3, 0.4) is 0 Å². The van der Waals surface area contributed by atoms with Crippen molar-refractivity contribution in [2.45, 2.75) is 39.0 Å². The third kappa shape index (κ3) is 3.79. The van der Waals surface area contributed by atoms with Gasteiger partial charge in [-0.25, -0.2) is 14.1 Å². The highest BCUT2D eigenvalue weighted by atomic mass is 35.5. The van der Waals surface area contributed by atoms with Crippen LogP contribution in [0, 0.1) is 5.82 Å². The van der Waals surface area contributed by atoms with Crippen LogP contribution in [0.15, 0.2) is 29.4 Å². The zero-order chi connectivity index (χ0) is 21.5. The Morgan fingerprint density at radius 3 is 2.28 bits per heavy atom. The van der Waals surface area contributed by atoms with Crippen LogP contribution in [-0.4, -0.2) is 36.9 Å². The minimum Gasteiger partial charge on any atom is -0.408 e. The van der Waals surface area contributed by atoms with Crippen LogP contribution < -0.4 is 9.64 Å². The number of anilines is 1. The summed E-state index contributed by atoms with van der Waals surface area (Å²) in [5.41, 5.74) is 1.39. The Balaban J connectivity index is 2.18. The second-order valence-corrected chi connectivity index (χ2v) is 7.91. The molecule has 0 radical (unpaired) electrons. The highest BCUT2D eigenvalue weighted by Gasteiger charge is 2.42. The van der Waals surface area contributed by atoms with Crippen LogP contribution in [-0.2, 0) is 16.0 Å². The van der Waals surface area contributed by atoms with E-state index in [4.69, 9.17) is 16.3 Å². The third-order valence-electron chi connectivity index (χ3n) is 4.90. The molecule has 0 atom stereocenters. The van der Waals surface area contributed by atoms with E-state index in [-0.39, 0.29) is 28.4 Å². The molecular weight excluding hydrogens is 399 g/mol. The fraction of sp³-hybridized carbons (Fsp3) is 0.381. The average molecular weight is 421 g/mol. The van der Waals surface area contributed by atoms with Gasteiger partial charge in [0.25, 0.3) is 11.8 Å². The number of rotatable bonds is 4. The van der Waals surface area contributed by atoms with Gasteiger partial charge in [-0.15, -0.1) is 0 Å². The highest BCUT2D eigenvalue weighted by molar-refractivity contribution is 6.35. The molecule has 1 aromatic carbocycles. The first-order chi connectivity index (χ1) is 13.6. The minimum atomic E-state index is -0.836. The van der Waals surface area contributed by atoms with Crippen molar-refractivity contribution >= 4 is 35.2 Å². The third-order valence-corrected chi connectivity index (χ3v) is 5.18. The second-order valence-electron chi connectivity index (χ2n) is 7.50. The Hall–Kier alpha value is -2.67. The first-order valence-electron chi connectivity index (χ1n) is 9.28. The van der Waals surface area contributed by atoms with Crippen LogP contribution >= 0.6 is 11.6 Å². The number of halogens is 2. The molecule has 8 heteroatoms. The summed E-state index contributed by atoms with van der Waals surface area (Å²) in [6.07, 6.45) is 1.94. The normalized spacial score (nSPS) is 16.2. The predicted octanol–water partition coefficient (Wildman–Crippen LogP) is 4.40. The Kier molecular flexibility index (Phi) is 5.80. The van der Waals surface area contributed by atoms with E-state index in [1.165, 1.54) is 19.0 Å². The van der Waals surface area contributed by atoms with Gasteiger partial charge in [0.15, 0.2) is 5.75 Å². The molecule has 1 aromatic rings. The maximum atomic E-state index is 15.1. The largest absolute Gasteiger partial charge is 0.414 e. The SMILES string of the molecule is C=C(C)Cc1c(OC(=O)N(C)C)c(Cl)cc(F)c1N1C(=O)C2=C(CCCC2)C1=O. The molecule has 1 heterocycles. The molecule has 0 unspecified atom stereocenters. The lowest BCUT2D eigenvalue weighted by atomic mass is 9.93. The van der Waals surface area contributed by atoms with Gasteiger partial charge in [-0.05, 0) is 45.1 Å². The van der Waals surface area contributed by atoms with Crippen LogP contribution in [0.1, 0.15) is 38.2 Å². The van der Waals surface area contributed by atoms with Crippen LogP contribution in [0.2, 0.25) is 5.02 Å². The van der Waals surface area contributed by atoms with Crippen LogP contribution in [0.4, 0.5) is 14.9 Å². The second kappa shape index (κ2) is 7.99. The number of hydrogen-bond acceptors (Lipinski definition) is 4. The summed E-state index contributed by atoms with van der Waals surface area (Å²) >= 11 is 6.18. The van der Waals surface area contributed by atoms with Crippen molar-refractivity contribution in [3.8, 4) is 5.75 Å². The molecule has 0 fully saturated rings. The van der Waals surface area contributed by atoms with E-state index in [0.717, 1.165) is 23.8 Å². The molecular formula is C21H22ClFN2O4. The number of benzene rings is 1. The van der Waals surface area contributed by atoms with Crippen molar-refractivity contribution < 1.29 is 23.5 Å². The zero-order valence-corrected chi connectivity index (χ0v) is 17.4. The number of carbonyl (C=O) groups excluding carboxylic acids is 3. The fourth-order valence-corrected chi connectivity index (χ4v) is 3.83. The summed E-state index contributed by atoms with van der Waals surface area (Å²) in [4.78, 5) is 40.1. The number of amides is 3. The molecule has 0 saturated heterocycles. The van der Waals surface area contributed by atoms with Gasteiger partial charge in [0.1, 0.15) is 5.82 Å². The summed E-state index contributed by atoms with van der Waals surface area (Å²) in [5, 5.41) is -0.130.